The lowest BCUT2D eigenvalue weighted by Crippen LogP contribution is -2.38. The SMILES string of the molecule is CC(=O)N1CCc2c(nc(-c3ccccn3)nc2N(C)C[C@H](O)CO)C1. The van der Waals surface area contributed by atoms with Crippen LogP contribution in [0.25, 0.3) is 11.5 Å². The molecule has 138 valence electrons. The molecule has 2 aromatic rings. The van der Waals surface area contributed by atoms with Crippen LogP contribution in [0.4, 0.5) is 5.82 Å². The van der Waals surface area contributed by atoms with Crippen molar-refractivity contribution in [3.05, 3.63) is 35.7 Å². The maximum Gasteiger partial charge on any atom is 0.219 e. The molecule has 1 atom stereocenters. The summed E-state index contributed by atoms with van der Waals surface area (Å²) in [5.41, 5.74) is 2.41. The highest BCUT2D eigenvalue weighted by molar-refractivity contribution is 5.74. The topological polar surface area (TPSA) is 103 Å². The summed E-state index contributed by atoms with van der Waals surface area (Å²) in [5.74, 6) is 1.20. The molecule has 0 radical (unpaired) electrons. The van der Waals surface area contributed by atoms with E-state index in [-0.39, 0.29) is 19.1 Å². The molecule has 3 heterocycles. The van der Waals surface area contributed by atoms with E-state index in [1.165, 1.54) is 0 Å². The van der Waals surface area contributed by atoms with Gasteiger partial charge in [-0.2, -0.15) is 0 Å². The van der Waals surface area contributed by atoms with Crippen LogP contribution in [0.2, 0.25) is 0 Å². The Labute approximate surface area is 152 Å². The zero-order chi connectivity index (χ0) is 18.7. The highest BCUT2D eigenvalue weighted by atomic mass is 16.3. The zero-order valence-corrected chi connectivity index (χ0v) is 15.0. The molecule has 8 nitrogen and oxygen atoms in total. The molecule has 0 saturated heterocycles. The van der Waals surface area contributed by atoms with Crippen LogP contribution in [0, 0.1) is 0 Å². The molecule has 0 spiro atoms. The minimum absolute atomic E-state index is 0.0132. The minimum atomic E-state index is -0.860. The number of aromatic nitrogens is 3. The summed E-state index contributed by atoms with van der Waals surface area (Å²) in [6.07, 6.45) is 1.46. The normalized spacial score (nSPS) is 14.7. The molecule has 2 N–H and O–H groups in total. The van der Waals surface area contributed by atoms with E-state index in [1.54, 1.807) is 18.0 Å². The summed E-state index contributed by atoms with van der Waals surface area (Å²) in [6.45, 7) is 2.52. The smallest absolute Gasteiger partial charge is 0.219 e. The average molecular weight is 357 g/mol. The second kappa shape index (κ2) is 7.76. The van der Waals surface area contributed by atoms with Crippen LogP contribution in [0.3, 0.4) is 0 Å². The molecule has 8 heteroatoms. The van der Waals surface area contributed by atoms with Crippen molar-refractivity contribution in [1.82, 2.24) is 19.9 Å². The summed E-state index contributed by atoms with van der Waals surface area (Å²) in [5, 5.41) is 18.9. The van der Waals surface area contributed by atoms with Gasteiger partial charge in [0, 0.05) is 38.8 Å². The van der Waals surface area contributed by atoms with Crippen LogP contribution < -0.4 is 4.90 Å². The maximum atomic E-state index is 11.8. The predicted octanol–water partition coefficient (Wildman–Crippen LogP) is 0.233. The Balaban J connectivity index is 2.04. The van der Waals surface area contributed by atoms with Gasteiger partial charge >= 0.3 is 0 Å². The van der Waals surface area contributed by atoms with Crippen LogP contribution >= 0.6 is 0 Å². The molecular formula is C18H23N5O3. The Morgan fingerprint density at radius 1 is 1.38 bits per heavy atom. The number of aliphatic hydroxyl groups excluding tert-OH is 2. The van der Waals surface area contributed by atoms with Crippen LogP contribution in [-0.4, -0.2) is 68.8 Å². The number of pyridine rings is 1. The van der Waals surface area contributed by atoms with Gasteiger partial charge in [-0.15, -0.1) is 0 Å². The first kappa shape index (κ1) is 18.2. The third-order valence-corrected chi connectivity index (χ3v) is 4.44. The van der Waals surface area contributed by atoms with Crippen LogP contribution in [0.1, 0.15) is 18.2 Å². The number of amides is 1. The van der Waals surface area contributed by atoms with Crippen molar-refractivity contribution in [2.75, 3.05) is 31.6 Å². The molecule has 0 bridgehead atoms. The van der Waals surface area contributed by atoms with E-state index in [4.69, 9.17) is 5.11 Å². The zero-order valence-electron chi connectivity index (χ0n) is 15.0. The van der Waals surface area contributed by atoms with Gasteiger partial charge < -0.3 is 20.0 Å². The lowest BCUT2D eigenvalue weighted by molar-refractivity contribution is -0.129. The fourth-order valence-electron chi connectivity index (χ4n) is 3.07. The first-order valence-corrected chi connectivity index (χ1v) is 8.56. The summed E-state index contributed by atoms with van der Waals surface area (Å²) in [4.78, 5) is 29.0. The fourth-order valence-corrected chi connectivity index (χ4v) is 3.07. The number of nitrogens with zero attached hydrogens (tertiary/aromatic N) is 5. The Bertz CT molecular complexity index is 784. The van der Waals surface area contributed by atoms with Crippen molar-refractivity contribution in [3.63, 3.8) is 0 Å². The van der Waals surface area contributed by atoms with Crippen LogP contribution in [-0.2, 0) is 17.8 Å². The Kier molecular flexibility index (Phi) is 5.43. The monoisotopic (exact) mass is 357 g/mol. The van der Waals surface area contributed by atoms with Gasteiger partial charge in [-0.05, 0) is 18.6 Å². The van der Waals surface area contributed by atoms with Gasteiger partial charge in [-0.1, -0.05) is 6.07 Å². The predicted molar refractivity (Wildman–Crippen MR) is 96.4 cm³/mol. The molecule has 1 aliphatic heterocycles. The quantitative estimate of drug-likeness (QED) is 0.790. The largest absolute Gasteiger partial charge is 0.394 e. The molecule has 1 aliphatic rings. The molecule has 26 heavy (non-hydrogen) atoms. The summed E-state index contributed by atoms with van der Waals surface area (Å²) >= 11 is 0. The number of hydrogen-bond acceptors (Lipinski definition) is 7. The van der Waals surface area contributed by atoms with Crippen LogP contribution in [0.5, 0.6) is 0 Å². The second-order valence-corrected chi connectivity index (χ2v) is 6.42. The standard InChI is InChI=1S/C18H23N5O3/c1-12(25)23-8-6-14-16(10-23)20-17(15-5-3-4-7-19-15)21-18(14)22(2)9-13(26)11-24/h3-5,7,13,24,26H,6,8-11H2,1-2H3/t13-/m0/s1. The Morgan fingerprint density at radius 3 is 2.85 bits per heavy atom. The second-order valence-electron chi connectivity index (χ2n) is 6.42. The molecule has 0 unspecified atom stereocenters. The van der Waals surface area contributed by atoms with E-state index in [0.29, 0.717) is 36.8 Å². The number of aliphatic hydroxyl groups is 2. The molecule has 0 saturated carbocycles. The van der Waals surface area contributed by atoms with Gasteiger partial charge in [0.25, 0.3) is 0 Å². The van der Waals surface area contributed by atoms with E-state index in [0.717, 1.165) is 11.3 Å². The number of rotatable bonds is 5. The van der Waals surface area contributed by atoms with Gasteiger partial charge in [0.1, 0.15) is 11.5 Å². The first-order valence-electron chi connectivity index (χ1n) is 8.56. The molecule has 3 rings (SSSR count). The third-order valence-electron chi connectivity index (χ3n) is 4.44. The molecule has 1 amide bonds. The summed E-state index contributed by atoms with van der Waals surface area (Å²) in [7, 11) is 1.82. The van der Waals surface area contributed by atoms with Crippen molar-refractivity contribution in [2.24, 2.45) is 0 Å². The van der Waals surface area contributed by atoms with Crippen molar-refractivity contribution in [3.8, 4) is 11.5 Å². The van der Waals surface area contributed by atoms with Gasteiger partial charge in [0.15, 0.2) is 5.82 Å². The van der Waals surface area contributed by atoms with Crippen molar-refractivity contribution >= 4 is 11.7 Å². The van der Waals surface area contributed by atoms with Crippen LogP contribution in [0.15, 0.2) is 24.4 Å². The van der Waals surface area contributed by atoms with Gasteiger partial charge in [-0.25, -0.2) is 9.97 Å². The molecule has 0 fully saturated rings. The highest BCUT2D eigenvalue weighted by Gasteiger charge is 2.26. The first-order chi connectivity index (χ1) is 12.5. The number of hydrogen-bond donors (Lipinski definition) is 2. The van der Waals surface area contributed by atoms with E-state index in [2.05, 4.69) is 15.0 Å². The minimum Gasteiger partial charge on any atom is -0.394 e. The molecule has 0 aromatic carbocycles. The van der Waals surface area contributed by atoms with Crippen molar-refractivity contribution in [2.45, 2.75) is 26.0 Å². The third kappa shape index (κ3) is 3.81. The number of carbonyl (C=O) groups is 1. The summed E-state index contributed by atoms with van der Waals surface area (Å²) < 4.78 is 0. The average Bonchev–Trinajstić information content (AvgIpc) is 2.67. The van der Waals surface area contributed by atoms with Gasteiger partial charge in [0.2, 0.25) is 5.91 Å². The van der Waals surface area contributed by atoms with Crippen molar-refractivity contribution in [1.29, 1.82) is 0 Å². The molecule has 2 aromatic heterocycles. The van der Waals surface area contributed by atoms with Gasteiger partial charge in [-0.3, -0.25) is 9.78 Å². The number of anilines is 1. The van der Waals surface area contributed by atoms with Gasteiger partial charge in [0.05, 0.1) is 24.9 Å². The Morgan fingerprint density at radius 2 is 2.19 bits per heavy atom. The highest BCUT2D eigenvalue weighted by Crippen LogP contribution is 2.28. The fraction of sp³-hybridized carbons (Fsp3) is 0.444. The van der Waals surface area contributed by atoms with E-state index >= 15 is 0 Å². The number of fused-ring (bicyclic) bond motifs is 1. The number of likely N-dealkylation sites (N-methyl/N-ethyl adjacent to an activating group) is 1. The Hall–Kier alpha value is -2.58. The van der Waals surface area contributed by atoms with E-state index in [9.17, 15) is 9.90 Å². The lowest BCUT2D eigenvalue weighted by atomic mass is 10.0. The van der Waals surface area contributed by atoms with Crippen molar-refractivity contribution < 1.29 is 15.0 Å². The summed E-state index contributed by atoms with van der Waals surface area (Å²) in [6, 6.07) is 5.52. The number of carbonyl (C=O) groups excluding carboxylic acids is 1. The molecule has 0 aliphatic carbocycles. The maximum absolute atomic E-state index is 11.8. The molecular weight excluding hydrogens is 334 g/mol. The lowest BCUT2D eigenvalue weighted by Gasteiger charge is -2.31. The van der Waals surface area contributed by atoms with E-state index < -0.39 is 6.10 Å². The van der Waals surface area contributed by atoms with E-state index in [1.807, 2.05) is 30.1 Å².